The highest BCUT2D eigenvalue weighted by Gasteiger charge is 2.31. The molecule has 0 spiro atoms. The van der Waals surface area contributed by atoms with E-state index < -0.39 is 0 Å². The fourth-order valence-corrected chi connectivity index (χ4v) is 3.03. The molecule has 1 aliphatic heterocycles. The second-order valence-electron chi connectivity index (χ2n) is 5.09. The van der Waals surface area contributed by atoms with Crippen molar-refractivity contribution >= 4 is 21.7 Å². The maximum atomic E-state index is 5.81. The van der Waals surface area contributed by atoms with Crippen LogP contribution in [0, 0.1) is 0 Å². The predicted molar refractivity (Wildman–Crippen MR) is 76.6 cm³/mol. The standard InChI is InChI=1S/C13H19BrN4/c14-11-7-10(8-15)13(16-9-11)18-5-3-17(4-6-18)12-1-2-12/h7,9,12H,1-6,8,15H2. The number of nitrogens with two attached hydrogens (primary N) is 1. The Bertz CT molecular complexity index is 425. The second-order valence-corrected chi connectivity index (χ2v) is 6.01. The lowest BCUT2D eigenvalue weighted by Gasteiger charge is -2.36. The summed E-state index contributed by atoms with van der Waals surface area (Å²) in [4.78, 5) is 9.52. The van der Waals surface area contributed by atoms with Crippen molar-refractivity contribution in [1.29, 1.82) is 0 Å². The van der Waals surface area contributed by atoms with Crippen LogP contribution < -0.4 is 10.6 Å². The zero-order chi connectivity index (χ0) is 12.5. The molecule has 2 fully saturated rings. The molecule has 5 heteroatoms. The molecule has 0 radical (unpaired) electrons. The average molecular weight is 311 g/mol. The molecular weight excluding hydrogens is 292 g/mol. The molecule has 2 N–H and O–H groups in total. The van der Waals surface area contributed by atoms with Crippen LogP contribution in [0.25, 0.3) is 0 Å². The quantitative estimate of drug-likeness (QED) is 0.921. The average Bonchev–Trinajstić information content (AvgIpc) is 3.23. The van der Waals surface area contributed by atoms with Gasteiger partial charge in [-0.15, -0.1) is 0 Å². The van der Waals surface area contributed by atoms with Gasteiger partial charge in [-0.25, -0.2) is 4.98 Å². The first-order valence-corrected chi connectivity index (χ1v) is 7.40. The van der Waals surface area contributed by atoms with E-state index in [4.69, 9.17) is 5.73 Å². The van der Waals surface area contributed by atoms with Gasteiger partial charge in [0.2, 0.25) is 0 Å². The van der Waals surface area contributed by atoms with Gasteiger partial charge in [-0.1, -0.05) is 0 Å². The Morgan fingerprint density at radius 2 is 2.00 bits per heavy atom. The molecule has 1 aliphatic carbocycles. The molecule has 1 aromatic heterocycles. The van der Waals surface area contributed by atoms with Crippen molar-refractivity contribution in [3.05, 3.63) is 22.3 Å². The third-order valence-electron chi connectivity index (χ3n) is 3.81. The SMILES string of the molecule is NCc1cc(Br)cnc1N1CCN(C2CC2)CC1. The summed E-state index contributed by atoms with van der Waals surface area (Å²) in [7, 11) is 0. The Hall–Kier alpha value is -0.650. The molecule has 3 rings (SSSR count). The molecule has 4 nitrogen and oxygen atoms in total. The molecule has 2 heterocycles. The lowest BCUT2D eigenvalue weighted by atomic mass is 10.2. The number of halogens is 1. The van der Waals surface area contributed by atoms with E-state index in [1.807, 2.05) is 6.20 Å². The molecule has 0 aromatic carbocycles. The van der Waals surface area contributed by atoms with Gasteiger partial charge in [0.15, 0.2) is 0 Å². The van der Waals surface area contributed by atoms with Crippen LogP contribution in [0.15, 0.2) is 16.7 Å². The number of hydrogen-bond acceptors (Lipinski definition) is 4. The molecule has 1 saturated carbocycles. The van der Waals surface area contributed by atoms with E-state index in [0.29, 0.717) is 6.54 Å². The Kier molecular flexibility index (Phi) is 3.54. The minimum absolute atomic E-state index is 0.546. The van der Waals surface area contributed by atoms with Crippen molar-refractivity contribution in [3.63, 3.8) is 0 Å². The van der Waals surface area contributed by atoms with E-state index in [-0.39, 0.29) is 0 Å². The summed E-state index contributed by atoms with van der Waals surface area (Å²) in [5, 5.41) is 0. The molecule has 1 saturated heterocycles. The fraction of sp³-hybridized carbons (Fsp3) is 0.615. The summed E-state index contributed by atoms with van der Waals surface area (Å²) in [5.41, 5.74) is 6.94. The van der Waals surface area contributed by atoms with Crippen LogP contribution in [0.1, 0.15) is 18.4 Å². The number of nitrogens with zero attached hydrogens (tertiary/aromatic N) is 3. The molecule has 0 unspecified atom stereocenters. The first-order valence-electron chi connectivity index (χ1n) is 6.61. The number of hydrogen-bond donors (Lipinski definition) is 1. The van der Waals surface area contributed by atoms with Gasteiger partial charge in [0.25, 0.3) is 0 Å². The largest absolute Gasteiger partial charge is 0.354 e. The predicted octanol–water partition coefficient (Wildman–Crippen LogP) is 1.59. The van der Waals surface area contributed by atoms with Crippen molar-refractivity contribution < 1.29 is 0 Å². The van der Waals surface area contributed by atoms with Gasteiger partial charge < -0.3 is 10.6 Å². The number of rotatable bonds is 3. The van der Waals surface area contributed by atoms with E-state index in [1.165, 1.54) is 12.8 Å². The Morgan fingerprint density at radius 3 is 2.61 bits per heavy atom. The first-order chi connectivity index (χ1) is 8.78. The summed E-state index contributed by atoms with van der Waals surface area (Å²) >= 11 is 3.45. The molecule has 0 atom stereocenters. The number of anilines is 1. The van der Waals surface area contributed by atoms with E-state index in [1.54, 1.807) is 0 Å². The number of piperazine rings is 1. The van der Waals surface area contributed by atoms with Crippen LogP contribution in [0.4, 0.5) is 5.82 Å². The summed E-state index contributed by atoms with van der Waals surface area (Å²) in [6, 6.07) is 2.95. The highest BCUT2D eigenvalue weighted by molar-refractivity contribution is 9.10. The maximum absolute atomic E-state index is 5.81. The van der Waals surface area contributed by atoms with Gasteiger partial charge in [-0.2, -0.15) is 0 Å². The van der Waals surface area contributed by atoms with E-state index in [2.05, 4.69) is 36.8 Å². The van der Waals surface area contributed by atoms with Crippen LogP contribution in [0.2, 0.25) is 0 Å². The topological polar surface area (TPSA) is 45.4 Å². The van der Waals surface area contributed by atoms with Gasteiger partial charge in [-0.3, -0.25) is 4.90 Å². The van der Waals surface area contributed by atoms with Crippen LogP contribution >= 0.6 is 15.9 Å². The van der Waals surface area contributed by atoms with Crippen molar-refractivity contribution in [3.8, 4) is 0 Å². The van der Waals surface area contributed by atoms with Gasteiger partial charge >= 0.3 is 0 Å². The minimum atomic E-state index is 0.546. The van der Waals surface area contributed by atoms with Crippen molar-refractivity contribution in [2.45, 2.75) is 25.4 Å². The lowest BCUT2D eigenvalue weighted by molar-refractivity contribution is 0.247. The monoisotopic (exact) mass is 310 g/mol. The zero-order valence-corrected chi connectivity index (χ0v) is 12.1. The molecule has 1 aromatic rings. The second kappa shape index (κ2) is 5.15. The molecule has 2 aliphatic rings. The molecule has 0 bridgehead atoms. The van der Waals surface area contributed by atoms with Crippen LogP contribution in [0.3, 0.4) is 0 Å². The highest BCUT2D eigenvalue weighted by atomic mass is 79.9. The normalized spacial score (nSPS) is 21.3. The van der Waals surface area contributed by atoms with Crippen LogP contribution in [0.5, 0.6) is 0 Å². The minimum Gasteiger partial charge on any atom is -0.354 e. The Morgan fingerprint density at radius 1 is 1.28 bits per heavy atom. The summed E-state index contributed by atoms with van der Waals surface area (Å²) in [6.45, 7) is 5.00. The first kappa shape index (κ1) is 12.4. The van der Waals surface area contributed by atoms with Crippen LogP contribution in [-0.4, -0.2) is 42.1 Å². The summed E-state index contributed by atoms with van der Waals surface area (Å²) in [5.74, 6) is 1.07. The van der Waals surface area contributed by atoms with E-state index >= 15 is 0 Å². The van der Waals surface area contributed by atoms with E-state index in [0.717, 1.165) is 48.1 Å². The third kappa shape index (κ3) is 2.53. The lowest BCUT2D eigenvalue weighted by Crippen LogP contribution is -2.47. The number of pyridine rings is 1. The molecule has 18 heavy (non-hydrogen) atoms. The van der Waals surface area contributed by atoms with E-state index in [9.17, 15) is 0 Å². The Labute approximate surface area is 116 Å². The fourth-order valence-electron chi connectivity index (χ4n) is 2.65. The Balaban J connectivity index is 1.71. The van der Waals surface area contributed by atoms with Gasteiger partial charge in [0.1, 0.15) is 5.82 Å². The molecule has 0 amide bonds. The van der Waals surface area contributed by atoms with Crippen molar-refractivity contribution in [2.24, 2.45) is 5.73 Å². The molecular formula is C13H19BrN4. The molecule has 98 valence electrons. The van der Waals surface area contributed by atoms with Crippen molar-refractivity contribution in [2.75, 3.05) is 31.1 Å². The summed E-state index contributed by atoms with van der Waals surface area (Å²) < 4.78 is 1.00. The van der Waals surface area contributed by atoms with Crippen LogP contribution in [-0.2, 0) is 6.54 Å². The van der Waals surface area contributed by atoms with Gasteiger partial charge in [0.05, 0.1) is 0 Å². The third-order valence-corrected chi connectivity index (χ3v) is 4.24. The van der Waals surface area contributed by atoms with Crippen molar-refractivity contribution in [1.82, 2.24) is 9.88 Å². The number of aromatic nitrogens is 1. The smallest absolute Gasteiger partial charge is 0.133 e. The summed E-state index contributed by atoms with van der Waals surface area (Å²) in [6.07, 6.45) is 4.65. The maximum Gasteiger partial charge on any atom is 0.133 e. The van der Waals surface area contributed by atoms with Gasteiger partial charge in [-0.05, 0) is 34.8 Å². The highest BCUT2D eigenvalue weighted by Crippen LogP contribution is 2.29. The van der Waals surface area contributed by atoms with Gasteiger partial charge in [0, 0.05) is 55.0 Å². The zero-order valence-electron chi connectivity index (χ0n) is 10.5.